The molecule has 3 aromatic heterocycles. The van der Waals surface area contributed by atoms with Crippen LogP contribution in [0, 0.1) is 0 Å². The third-order valence-electron chi connectivity index (χ3n) is 11.2. The van der Waals surface area contributed by atoms with Crippen molar-refractivity contribution in [3.63, 3.8) is 0 Å². The van der Waals surface area contributed by atoms with E-state index in [0.29, 0.717) is 5.84 Å². The summed E-state index contributed by atoms with van der Waals surface area (Å²) >= 11 is 0. The lowest BCUT2D eigenvalue weighted by molar-refractivity contribution is 0.666. The number of furan rings is 3. The van der Waals surface area contributed by atoms with Crippen LogP contribution in [-0.4, -0.2) is 11.7 Å². The van der Waals surface area contributed by atoms with Gasteiger partial charge >= 0.3 is 0 Å². The molecule has 1 aliphatic carbocycles. The van der Waals surface area contributed by atoms with Crippen molar-refractivity contribution >= 4 is 83.6 Å². The standard InChI is InChI=1S/C49H31N3O3/c1-2-11-29-26-31(23-22-28(29)10-1)47-50-48(52-49(51-47)39-18-8-16-36-34-13-4-6-20-41(34)55-46(36)39)38-17-9-21-42-44(38)37-25-24-30(27-43(37)53-42)32-14-7-15-35-33-12-3-5-19-40(33)54-45(32)35/h2-9,11-27,48H,1,10H2,(H,50,51,52). The molecule has 6 heteroatoms. The first-order valence-corrected chi connectivity index (χ1v) is 18.7. The van der Waals surface area contributed by atoms with Crippen LogP contribution in [0.5, 0.6) is 0 Å². The predicted molar refractivity (Wildman–Crippen MR) is 223 cm³/mol. The minimum atomic E-state index is -0.550. The van der Waals surface area contributed by atoms with Gasteiger partial charge in [-0.3, -0.25) is 0 Å². The molecule has 1 atom stereocenters. The van der Waals surface area contributed by atoms with Gasteiger partial charge in [0, 0.05) is 49.0 Å². The summed E-state index contributed by atoms with van der Waals surface area (Å²) in [5, 5.41) is 9.99. The predicted octanol–water partition coefficient (Wildman–Crippen LogP) is 12.5. The number of aliphatic imine (C=N–C) groups is 2. The van der Waals surface area contributed by atoms with Crippen molar-refractivity contribution in [1.82, 2.24) is 5.32 Å². The topological polar surface area (TPSA) is 76.2 Å². The van der Waals surface area contributed by atoms with Gasteiger partial charge in [0.1, 0.15) is 45.2 Å². The summed E-state index contributed by atoms with van der Waals surface area (Å²) < 4.78 is 19.5. The third-order valence-corrected chi connectivity index (χ3v) is 11.2. The van der Waals surface area contributed by atoms with Gasteiger partial charge in [-0.15, -0.1) is 0 Å². The Morgan fingerprint density at radius 3 is 2.00 bits per heavy atom. The van der Waals surface area contributed by atoms with E-state index in [1.807, 2.05) is 48.5 Å². The molecule has 0 saturated carbocycles. The largest absolute Gasteiger partial charge is 0.456 e. The zero-order valence-electron chi connectivity index (χ0n) is 29.5. The van der Waals surface area contributed by atoms with Crippen LogP contribution in [0.15, 0.2) is 169 Å². The summed E-state index contributed by atoms with van der Waals surface area (Å²) in [5.74, 6) is 1.47. The van der Waals surface area contributed by atoms with Gasteiger partial charge in [-0.1, -0.05) is 109 Å². The van der Waals surface area contributed by atoms with E-state index in [9.17, 15) is 0 Å². The molecule has 10 aromatic rings. The summed E-state index contributed by atoms with van der Waals surface area (Å²) in [6.07, 6.45) is 6.01. The molecule has 0 fully saturated rings. The van der Waals surface area contributed by atoms with Crippen molar-refractivity contribution in [3.05, 3.63) is 173 Å². The Labute approximate surface area is 314 Å². The van der Waals surface area contributed by atoms with E-state index in [-0.39, 0.29) is 0 Å². The zero-order valence-corrected chi connectivity index (χ0v) is 29.5. The van der Waals surface area contributed by atoms with E-state index in [1.54, 1.807) is 0 Å². The first-order valence-electron chi connectivity index (χ1n) is 18.7. The normalized spacial score (nSPS) is 15.6. The molecular weight excluding hydrogens is 679 g/mol. The molecule has 0 amide bonds. The summed E-state index contributed by atoms with van der Waals surface area (Å²) in [6.45, 7) is 0. The molecule has 1 aliphatic heterocycles. The molecule has 55 heavy (non-hydrogen) atoms. The molecule has 2 aliphatic rings. The lowest BCUT2D eigenvalue weighted by Gasteiger charge is -2.23. The van der Waals surface area contributed by atoms with Crippen LogP contribution in [0.1, 0.15) is 40.4 Å². The maximum absolute atomic E-state index is 6.63. The maximum atomic E-state index is 6.63. The van der Waals surface area contributed by atoms with E-state index in [0.717, 1.165) is 112 Å². The first kappa shape index (κ1) is 30.3. The van der Waals surface area contributed by atoms with Gasteiger partial charge in [0.2, 0.25) is 0 Å². The van der Waals surface area contributed by atoms with E-state index in [1.165, 1.54) is 11.1 Å². The van der Waals surface area contributed by atoms with Crippen molar-refractivity contribution in [2.75, 3.05) is 0 Å². The van der Waals surface area contributed by atoms with Crippen molar-refractivity contribution in [2.45, 2.75) is 19.0 Å². The Balaban J connectivity index is 1.03. The van der Waals surface area contributed by atoms with E-state index < -0.39 is 6.17 Å². The van der Waals surface area contributed by atoms with Crippen LogP contribution in [0.25, 0.3) is 83.0 Å². The van der Waals surface area contributed by atoms with E-state index >= 15 is 0 Å². The molecule has 4 heterocycles. The summed E-state index contributed by atoms with van der Waals surface area (Å²) in [7, 11) is 0. The number of hydrogen-bond acceptors (Lipinski definition) is 6. The Morgan fingerprint density at radius 2 is 1.18 bits per heavy atom. The monoisotopic (exact) mass is 709 g/mol. The SMILES string of the molecule is C1=Cc2cc(C3=NC(c4cccc5oc6cc(-c7cccc8c7oc7ccccc78)ccc6c45)N=C(c4cccc5c4oc4ccccc45)N3)ccc2CC1. The fraction of sp³-hybridized carbons (Fsp3) is 0.0612. The molecule has 0 bridgehead atoms. The number of aryl methyl sites for hydroxylation is 1. The molecule has 7 aromatic carbocycles. The van der Waals surface area contributed by atoms with Gasteiger partial charge < -0.3 is 18.6 Å². The zero-order chi connectivity index (χ0) is 36.0. The van der Waals surface area contributed by atoms with Gasteiger partial charge in [0.25, 0.3) is 0 Å². The van der Waals surface area contributed by atoms with Crippen molar-refractivity contribution < 1.29 is 13.3 Å². The molecule has 6 nitrogen and oxygen atoms in total. The summed E-state index contributed by atoms with van der Waals surface area (Å²) in [4.78, 5) is 10.7. The van der Waals surface area contributed by atoms with Crippen LogP contribution in [-0.2, 0) is 6.42 Å². The Hall–Kier alpha value is -7.18. The number of benzene rings is 7. The number of allylic oxidation sites excluding steroid dienone is 1. The van der Waals surface area contributed by atoms with Crippen LogP contribution < -0.4 is 5.32 Å². The van der Waals surface area contributed by atoms with Crippen LogP contribution in [0.4, 0.5) is 0 Å². The highest BCUT2D eigenvalue weighted by Gasteiger charge is 2.26. The maximum Gasteiger partial charge on any atom is 0.170 e. The van der Waals surface area contributed by atoms with Crippen LogP contribution in [0.2, 0.25) is 0 Å². The molecule has 0 radical (unpaired) electrons. The molecule has 0 saturated heterocycles. The van der Waals surface area contributed by atoms with Crippen molar-refractivity contribution in [2.24, 2.45) is 9.98 Å². The lowest BCUT2D eigenvalue weighted by Crippen LogP contribution is -2.36. The number of nitrogens with one attached hydrogen (secondary N) is 1. The molecule has 1 N–H and O–H groups in total. The highest BCUT2D eigenvalue weighted by atomic mass is 16.3. The highest BCUT2D eigenvalue weighted by molar-refractivity contribution is 6.21. The quantitative estimate of drug-likeness (QED) is 0.197. The Kier molecular flexibility index (Phi) is 6.42. The number of para-hydroxylation sites is 4. The minimum Gasteiger partial charge on any atom is -0.456 e. The van der Waals surface area contributed by atoms with Gasteiger partial charge in [0.05, 0.1) is 5.56 Å². The van der Waals surface area contributed by atoms with E-state index in [2.05, 4.69) is 108 Å². The van der Waals surface area contributed by atoms with Gasteiger partial charge in [-0.2, -0.15) is 0 Å². The van der Waals surface area contributed by atoms with Crippen molar-refractivity contribution in [1.29, 1.82) is 0 Å². The van der Waals surface area contributed by atoms with Gasteiger partial charge in [-0.25, -0.2) is 9.98 Å². The highest BCUT2D eigenvalue weighted by Crippen LogP contribution is 2.41. The number of nitrogens with zero attached hydrogens (tertiary/aromatic N) is 2. The van der Waals surface area contributed by atoms with Gasteiger partial charge in [-0.05, 0) is 72.0 Å². The van der Waals surface area contributed by atoms with Gasteiger partial charge in [0.15, 0.2) is 6.17 Å². The molecule has 1 unspecified atom stereocenters. The number of amidine groups is 2. The average molecular weight is 710 g/mol. The molecule has 0 spiro atoms. The molecule has 260 valence electrons. The number of hydrogen-bond donors (Lipinski definition) is 1. The fourth-order valence-electron chi connectivity index (χ4n) is 8.59. The average Bonchev–Trinajstić information content (AvgIpc) is 3.94. The first-order chi connectivity index (χ1) is 27.2. The van der Waals surface area contributed by atoms with Crippen LogP contribution >= 0.6 is 0 Å². The Bertz CT molecular complexity index is 3320. The Morgan fingerprint density at radius 1 is 0.509 bits per heavy atom. The second kappa shape index (κ2) is 11.7. The second-order valence-electron chi connectivity index (χ2n) is 14.4. The third kappa shape index (κ3) is 4.68. The smallest absolute Gasteiger partial charge is 0.170 e. The number of rotatable bonds is 4. The molecule has 12 rings (SSSR count). The summed E-state index contributed by atoms with van der Waals surface area (Å²) in [5.41, 5.74) is 12.5. The number of fused-ring (bicyclic) bond motifs is 10. The van der Waals surface area contributed by atoms with Crippen molar-refractivity contribution in [3.8, 4) is 11.1 Å². The van der Waals surface area contributed by atoms with E-state index in [4.69, 9.17) is 23.2 Å². The molecular formula is C49H31N3O3. The minimum absolute atomic E-state index is 0.550. The summed E-state index contributed by atoms with van der Waals surface area (Å²) in [6, 6.07) is 48.2. The fourth-order valence-corrected chi connectivity index (χ4v) is 8.59. The van der Waals surface area contributed by atoms with Crippen LogP contribution in [0.3, 0.4) is 0 Å². The second-order valence-corrected chi connectivity index (χ2v) is 14.4. The lowest BCUT2D eigenvalue weighted by atomic mass is 9.95.